The number of carbonyl (C=O) groups excluding carboxylic acids is 2. The first-order chi connectivity index (χ1) is 17.9. The fourth-order valence-electron chi connectivity index (χ4n) is 4.62. The molecule has 0 aliphatic carbocycles. The Balaban J connectivity index is 1.56. The maximum atomic E-state index is 13.7. The topological polar surface area (TPSA) is 77.5 Å². The van der Waals surface area contributed by atoms with E-state index in [9.17, 15) is 14.0 Å². The molecule has 1 atom stereocenters. The lowest BCUT2D eigenvalue weighted by atomic mass is 9.96. The van der Waals surface area contributed by atoms with Crippen LogP contribution in [0.25, 0.3) is 0 Å². The van der Waals surface area contributed by atoms with Crippen LogP contribution in [-0.2, 0) is 9.53 Å². The summed E-state index contributed by atoms with van der Waals surface area (Å²) in [5.41, 5.74) is 4.88. The van der Waals surface area contributed by atoms with Crippen molar-refractivity contribution in [3.8, 4) is 0 Å². The number of morpholine rings is 1. The van der Waals surface area contributed by atoms with E-state index in [0.717, 1.165) is 35.5 Å². The van der Waals surface area contributed by atoms with Crippen LogP contribution in [0.2, 0.25) is 0 Å². The summed E-state index contributed by atoms with van der Waals surface area (Å²) in [5, 5.41) is 9.03. The summed E-state index contributed by atoms with van der Waals surface area (Å²) in [7, 11) is 0. The lowest BCUT2D eigenvalue weighted by Crippen LogP contribution is -2.49. The van der Waals surface area contributed by atoms with Crippen molar-refractivity contribution in [1.29, 1.82) is 0 Å². The Morgan fingerprint density at radius 1 is 1.11 bits per heavy atom. The zero-order chi connectivity index (χ0) is 26.4. The Hall–Kier alpha value is -3.30. The minimum absolute atomic E-state index is 0.0996. The number of aryl methyl sites for hydroxylation is 2. The molecule has 0 aromatic heterocycles. The Labute approximate surface area is 218 Å². The molecule has 1 saturated heterocycles. The highest BCUT2D eigenvalue weighted by molar-refractivity contribution is 6.03. The summed E-state index contributed by atoms with van der Waals surface area (Å²) in [4.78, 5) is 30.3. The van der Waals surface area contributed by atoms with Crippen molar-refractivity contribution in [1.82, 2.24) is 20.1 Å². The molecule has 0 saturated carbocycles. The van der Waals surface area contributed by atoms with E-state index in [1.165, 1.54) is 22.7 Å². The molecule has 9 heteroatoms. The molecule has 3 amide bonds. The van der Waals surface area contributed by atoms with Gasteiger partial charge in [-0.1, -0.05) is 24.3 Å². The fraction of sp³-hybridized carbons (Fsp3) is 0.464. The van der Waals surface area contributed by atoms with Crippen LogP contribution in [0.1, 0.15) is 41.6 Å². The second-order valence-corrected chi connectivity index (χ2v) is 9.57. The third kappa shape index (κ3) is 6.72. The van der Waals surface area contributed by atoms with Crippen LogP contribution in [0.3, 0.4) is 0 Å². The number of hydrogen-bond acceptors (Lipinski definition) is 5. The predicted octanol–water partition coefficient (Wildman–Crippen LogP) is 3.48. The van der Waals surface area contributed by atoms with E-state index in [1.54, 1.807) is 17.0 Å². The highest BCUT2D eigenvalue weighted by Gasteiger charge is 2.34. The largest absolute Gasteiger partial charge is 0.379 e. The van der Waals surface area contributed by atoms with E-state index < -0.39 is 0 Å². The molecule has 37 heavy (non-hydrogen) atoms. The van der Waals surface area contributed by atoms with E-state index in [2.05, 4.69) is 23.2 Å². The number of amides is 3. The number of nitrogens with zero attached hydrogens (tertiary/aromatic N) is 4. The Morgan fingerprint density at radius 2 is 1.84 bits per heavy atom. The second kappa shape index (κ2) is 12.3. The Bertz CT molecular complexity index is 1130. The third-order valence-corrected chi connectivity index (χ3v) is 6.99. The maximum absolute atomic E-state index is 13.7. The summed E-state index contributed by atoms with van der Waals surface area (Å²) < 4.78 is 19.1. The standard InChI is InChI=1S/C28H36FN5O3/c1-4-30-28(36)33(12-11-32-13-15-37-16-14-32)19-27(35)34-26(22-7-9-24(29)10-8-22)18-25(31-34)23-6-5-20(2)21(3)17-23/h5-10,17,26H,4,11-16,18-19H2,1-3H3,(H,30,36)/t26-/m0/s1. The van der Waals surface area contributed by atoms with Gasteiger partial charge >= 0.3 is 6.03 Å². The molecular formula is C28H36FN5O3. The minimum Gasteiger partial charge on any atom is -0.379 e. The molecule has 2 aliphatic rings. The first kappa shape index (κ1) is 26.8. The number of ether oxygens (including phenoxy) is 1. The van der Waals surface area contributed by atoms with Crippen LogP contribution in [0, 0.1) is 19.7 Å². The van der Waals surface area contributed by atoms with Crippen LogP contribution >= 0.6 is 0 Å². The first-order valence-electron chi connectivity index (χ1n) is 12.9. The summed E-state index contributed by atoms with van der Waals surface area (Å²) in [6.45, 7) is 10.4. The van der Waals surface area contributed by atoms with Crippen LogP contribution < -0.4 is 5.32 Å². The molecule has 2 aliphatic heterocycles. The molecule has 1 fully saturated rings. The number of nitrogens with one attached hydrogen (secondary N) is 1. The van der Waals surface area contributed by atoms with Gasteiger partial charge in [0.1, 0.15) is 12.4 Å². The molecule has 198 valence electrons. The Morgan fingerprint density at radius 3 is 2.51 bits per heavy atom. The van der Waals surface area contributed by atoms with E-state index in [0.29, 0.717) is 39.3 Å². The number of hydrogen-bond donors (Lipinski definition) is 1. The van der Waals surface area contributed by atoms with E-state index in [1.807, 2.05) is 26.0 Å². The normalized spacial score (nSPS) is 18.0. The van der Waals surface area contributed by atoms with Crippen molar-refractivity contribution in [3.63, 3.8) is 0 Å². The second-order valence-electron chi connectivity index (χ2n) is 9.57. The molecule has 2 aromatic rings. The average Bonchev–Trinajstić information content (AvgIpc) is 3.35. The van der Waals surface area contributed by atoms with Crippen molar-refractivity contribution < 1.29 is 18.7 Å². The molecule has 1 N–H and O–H groups in total. The number of hydrazone groups is 1. The van der Waals surface area contributed by atoms with E-state index in [-0.39, 0.29) is 30.3 Å². The molecule has 0 bridgehead atoms. The highest BCUT2D eigenvalue weighted by Crippen LogP contribution is 2.33. The monoisotopic (exact) mass is 509 g/mol. The summed E-state index contributed by atoms with van der Waals surface area (Å²) >= 11 is 0. The zero-order valence-electron chi connectivity index (χ0n) is 21.9. The van der Waals surface area contributed by atoms with Gasteiger partial charge in [0, 0.05) is 39.1 Å². The van der Waals surface area contributed by atoms with Gasteiger partial charge in [-0.3, -0.25) is 9.69 Å². The van der Waals surface area contributed by atoms with Crippen LogP contribution in [-0.4, -0.2) is 84.9 Å². The molecule has 8 nitrogen and oxygen atoms in total. The van der Waals surface area contributed by atoms with E-state index >= 15 is 0 Å². The van der Waals surface area contributed by atoms with Crippen molar-refractivity contribution in [3.05, 3.63) is 70.5 Å². The van der Waals surface area contributed by atoms with Crippen LogP contribution in [0.5, 0.6) is 0 Å². The van der Waals surface area contributed by atoms with Crippen molar-refractivity contribution in [2.24, 2.45) is 5.10 Å². The summed E-state index contributed by atoms with van der Waals surface area (Å²) in [6.07, 6.45) is 0.509. The smallest absolute Gasteiger partial charge is 0.317 e. The summed E-state index contributed by atoms with van der Waals surface area (Å²) in [6, 6.07) is 11.7. The molecule has 4 rings (SSSR count). The minimum atomic E-state index is -0.375. The van der Waals surface area contributed by atoms with Crippen molar-refractivity contribution >= 4 is 17.6 Å². The summed E-state index contributed by atoms with van der Waals surface area (Å²) in [5.74, 6) is -0.609. The fourth-order valence-corrected chi connectivity index (χ4v) is 4.62. The number of rotatable bonds is 8. The van der Waals surface area contributed by atoms with Gasteiger partial charge in [-0.25, -0.2) is 14.2 Å². The zero-order valence-corrected chi connectivity index (χ0v) is 21.9. The lowest BCUT2D eigenvalue weighted by Gasteiger charge is -2.31. The SMILES string of the molecule is CCNC(=O)N(CCN1CCOCC1)CC(=O)N1N=C(c2ccc(C)c(C)c2)C[C@H]1c1ccc(F)cc1. The number of halogens is 1. The number of carbonyl (C=O) groups is 2. The van der Waals surface area contributed by atoms with Gasteiger partial charge < -0.3 is 15.0 Å². The van der Waals surface area contributed by atoms with Crippen molar-refractivity contribution in [2.75, 3.05) is 52.5 Å². The molecule has 0 radical (unpaired) electrons. The van der Waals surface area contributed by atoms with Crippen LogP contribution in [0.15, 0.2) is 47.6 Å². The molecular weight excluding hydrogens is 473 g/mol. The molecule has 0 spiro atoms. The van der Waals surface area contributed by atoms with Gasteiger partial charge in [0.05, 0.1) is 25.0 Å². The maximum Gasteiger partial charge on any atom is 0.317 e. The highest BCUT2D eigenvalue weighted by atomic mass is 19.1. The van der Waals surface area contributed by atoms with Gasteiger partial charge in [-0.15, -0.1) is 0 Å². The van der Waals surface area contributed by atoms with Gasteiger partial charge in [0.15, 0.2) is 0 Å². The lowest BCUT2D eigenvalue weighted by molar-refractivity contribution is -0.133. The van der Waals surface area contributed by atoms with E-state index in [4.69, 9.17) is 9.84 Å². The quantitative estimate of drug-likeness (QED) is 0.591. The van der Waals surface area contributed by atoms with Gasteiger partial charge in [0.25, 0.3) is 5.91 Å². The first-order valence-corrected chi connectivity index (χ1v) is 12.9. The average molecular weight is 510 g/mol. The molecule has 2 heterocycles. The van der Waals surface area contributed by atoms with Crippen molar-refractivity contribution in [2.45, 2.75) is 33.2 Å². The Kier molecular flexibility index (Phi) is 8.89. The van der Waals surface area contributed by atoms with Gasteiger partial charge in [0.2, 0.25) is 0 Å². The molecule has 2 aromatic carbocycles. The van der Waals surface area contributed by atoms with Crippen LogP contribution in [0.4, 0.5) is 9.18 Å². The molecule has 0 unspecified atom stereocenters. The van der Waals surface area contributed by atoms with Gasteiger partial charge in [-0.05, 0) is 61.2 Å². The number of benzene rings is 2. The predicted molar refractivity (Wildman–Crippen MR) is 141 cm³/mol. The van der Waals surface area contributed by atoms with Gasteiger partial charge in [-0.2, -0.15) is 5.10 Å². The third-order valence-electron chi connectivity index (χ3n) is 6.99. The number of urea groups is 1.